The van der Waals surface area contributed by atoms with Gasteiger partial charge in [0.2, 0.25) is 10.0 Å². The normalized spacial score (nSPS) is 19.6. The average molecular weight is 251 g/mol. The maximum atomic E-state index is 12.1. The zero-order chi connectivity index (χ0) is 12.6. The second-order valence-corrected chi connectivity index (χ2v) is 6.55. The van der Waals surface area contributed by atoms with Gasteiger partial charge in [0.05, 0.1) is 18.0 Å². The molecular formula is C13H17NO2S. The molecule has 0 aliphatic carbocycles. The first-order valence-electron chi connectivity index (χ1n) is 5.62. The van der Waals surface area contributed by atoms with Crippen LogP contribution in [0.5, 0.6) is 0 Å². The van der Waals surface area contributed by atoms with Crippen LogP contribution in [0.4, 0.5) is 5.69 Å². The van der Waals surface area contributed by atoms with Crippen molar-refractivity contribution >= 4 is 15.7 Å². The van der Waals surface area contributed by atoms with Crippen LogP contribution in [-0.2, 0) is 10.0 Å². The largest absolute Gasteiger partial charge is 0.266 e. The molecule has 1 aliphatic rings. The van der Waals surface area contributed by atoms with Crippen molar-refractivity contribution in [2.24, 2.45) is 0 Å². The number of aryl methyl sites for hydroxylation is 1. The predicted octanol–water partition coefficient (Wildman–Crippen LogP) is 2.48. The lowest BCUT2D eigenvalue weighted by molar-refractivity contribution is 0.592. The third kappa shape index (κ3) is 2.36. The van der Waals surface area contributed by atoms with E-state index in [0.717, 1.165) is 22.4 Å². The molecule has 0 N–H and O–H groups in total. The summed E-state index contributed by atoms with van der Waals surface area (Å²) in [4.78, 5) is 0. The van der Waals surface area contributed by atoms with Crippen molar-refractivity contribution in [2.75, 3.05) is 16.6 Å². The Bertz CT molecular complexity index is 556. The molecule has 0 saturated heterocycles. The Labute approximate surface area is 103 Å². The van der Waals surface area contributed by atoms with E-state index < -0.39 is 10.0 Å². The number of benzene rings is 1. The van der Waals surface area contributed by atoms with Crippen molar-refractivity contribution in [3.05, 3.63) is 41.0 Å². The molecule has 2 rings (SSSR count). The molecule has 0 saturated carbocycles. The molecule has 0 atom stereocenters. The van der Waals surface area contributed by atoms with Crippen LogP contribution in [-0.4, -0.2) is 20.7 Å². The monoisotopic (exact) mass is 251 g/mol. The minimum atomic E-state index is -3.20. The summed E-state index contributed by atoms with van der Waals surface area (Å²) < 4.78 is 25.7. The standard InChI is InChI=1S/C13H17NO2S/c1-10-4-6-13(7-5-10)14-8-11(2)12(3)9-17(14,15)16/h4-7H,8-9H2,1-3H3. The molecule has 1 aliphatic heterocycles. The highest BCUT2D eigenvalue weighted by Gasteiger charge is 2.28. The summed E-state index contributed by atoms with van der Waals surface area (Å²) in [5.74, 6) is 0.132. The predicted molar refractivity (Wildman–Crippen MR) is 70.7 cm³/mol. The van der Waals surface area contributed by atoms with Crippen molar-refractivity contribution in [1.29, 1.82) is 0 Å². The van der Waals surface area contributed by atoms with Gasteiger partial charge in [0, 0.05) is 0 Å². The highest BCUT2D eigenvalue weighted by atomic mass is 32.2. The summed E-state index contributed by atoms with van der Waals surface area (Å²) in [6.45, 7) is 6.34. The molecule has 0 unspecified atom stereocenters. The van der Waals surface area contributed by atoms with Crippen molar-refractivity contribution in [1.82, 2.24) is 0 Å². The first-order valence-corrected chi connectivity index (χ1v) is 7.23. The molecule has 1 heterocycles. The fourth-order valence-electron chi connectivity index (χ4n) is 1.89. The van der Waals surface area contributed by atoms with Crippen molar-refractivity contribution in [2.45, 2.75) is 20.8 Å². The quantitative estimate of drug-likeness (QED) is 0.719. The van der Waals surface area contributed by atoms with Gasteiger partial charge in [0.15, 0.2) is 0 Å². The van der Waals surface area contributed by atoms with Crippen molar-refractivity contribution < 1.29 is 8.42 Å². The van der Waals surface area contributed by atoms with E-state index >= 15 is 0 Å². The number of sulfonamides is 1. The van der Waals surface area contributed by atoms with Gasteiger partial charge in [-0.15, -0.1) is 0 Å². The van der Waals surface area contributed by atoms with E-state index in [4.69, 9.17) is 0 Å². The number of hydrogen-bond acceptors (Lipinski definition) is 2. The SMILES string of the molecule is CC1=C(C)CS(=O)(=O)N(c2ccc(C)cc2)C1. The van der Waals surface area contributed by atoms with Crippen LogP contribution in [0, 0.1) is 6.92 Å². The first-order chi connectivity index (χ1) is 7.90. The molecule has 92 valence electrons. The van der Waals surface area contributed by atoms with Crippen LogP contribution in [0.2, 0.25) is 0 Å². The van der Waals surface area contributed by atoms with Gasteiger partial charge in [-0.05, 0) is 32.9 Å². The maximum absolute atomic E-state index is 12.1. The van der Waals surface area contributed by atoms with E-state index in [-0.39, 0.29) is 5.75 Å². The smallest absolute Gasteiger partial charge is 0.239 e. The fourth-order valence-corrected chi connectivity index (χ4v) is 3.67. The minimum Gasteiger partial charge on any atom is -0.266 e. The lowest BCUT2D eigenvalue weighted by atomic mass is 10.1. The topological polar surface area (TPSA) is 37.4 Å². The maximum Gasteiger partial charge on any atom is 0.239 e. The molecule has 4 heteroatoms. The van der Waals surface area contributed by atoms with Gasteiger partial charge in [-0.2, -0.15) is 0 Å². The number of rotatable bonds is 1. The van der Waals surface area contributed by atoms with Gasteiger partial charge in [-0.25, -0.2) is 8.42 Å². The Morgan fingerprint density at radius 2 is 1.59 bits per heavy atom. The van der Waals surface area contributed by atoms with Crippen LogP contribution in [0.25, 0.3) is 0 Å². The molecule has 0 radical (unpaired) electrons. The van der Waals surface area contributed by atoms with Crippen LogP contribution in [0.15, 0.2) is 35.4 Å². The van der Waals surface area contributed by atoms with E-state index in [2.05, 4.69) is 0 Å². The van der Waals surface area contributed by atoms with Gasteiger partial charge in [-0.3, -0.25) is 4.31 Å². The second-order valence-electron chi connectivity index (χ2n) is 4.66. The third-order valence-electron chi connectivity index (χ3n) is 3.17. The Balaban J connectivity index is 2.43. The highest BCUT2D eigenvalue weighted by Crippen LogP contribution is 2.26. The summed E-state index contributed by atoms with van der Waals surface area (Å²) in [5, 5.41) is 0. The van der Waals surface area contributed by atoms with Gasteiger partial charge < -0.3 is 0 Å². The van der Waals surface area contributed by atoms with Crippen molar-refractivity contribution in [3.63, 3.8) is 0 Å². The molecule has 0 fully saturated rings. The second kappa shape index (κ2) is 4.18. The van der Waals surface area contributed by atoms with Gasteiger partial charge in [-0.1, -0.05) is 28.8 Å². The molecule has 1 aromatic rings. The summed E-state index contributed by atoms with van der Waals surface area (Å²) in [6, 6.07) is 7.60. The number of hydrogen-bond donors (Lipinski definition) is 0. The third-order valence-corrected chi connectivity index (χ3v) is 4.98. The van der Waals surface area contributed by atoms with Gasteiger partial charge in [0.25, 0.3) is 0 Å². The summed E-state index contributed by atoms with van der Waals surface area (Å²) in [7, 11) is -3.20. The molecular weight excluding hydrogens is 234 g/mol. The molecule has 17 heavy (non-hydrogen) atoms. The molecule has 0 bridgehead atoms. The number of anilines is 1. The van der Waals surface area contributed by atoms with E-state index in [9.17, 15) is 8.42 Å². The van der Waals surface area contributed by atoms with Crippen LogP contribution < -0.4 is 4.31 Å². The molecule has 0 amide bonds. The van der Waals surface area contributed by atoms with Gasteiger partial charge in [0.1, 0.15) is 0 Å². The van der Waals surface area contributed by atoms with Crippen molar-refractivity contribution in [3.8, 4) is 0 Å². The lowest BCUT2D eigenvalue weighted by Gasteiger charge is -2.30. The zero-order valence-electron chi connectivity index (χ0n) is 10.4. The first kappa shape index (κ1) is 12.2. The summed E-state index contributed by atoms with van der Waals surface area (Å²) in [5.41, 5.74) is 3.99. The fraction of sp³-hybridized carbons (Fsp3) is 0.385. The van der Waals surface area contributed by atoms with Crippen LogP contribution in [0.1, 0.15) is 19.4 Å². The Morgan fingerprint density at radius 1 is 1.00 bits per heavy atom. The van der Waals surface area contributed by atoms with Gasteiger partial charge >= 0.3 is 0 Å². The minimum absolute atomic E-state index is 0.132. The average Bonchev–Trinajstić information content (AvgIpc) is 2.24. The Hall–Kier alpha value is -1.29. The molecule has 0 aromatic heterocycles. The molecule has 3 nitrogen and oxygen atoms in total. The Morgan fingerprint density at radius 3 is 2.18 bits per heavy atom. The Kier molecular flexibility index (Phi) is 3.00. The summed E-state index contributed by atoms with van der Waals surface area (Å²) >= 11 is 0. The van der Waals surface area contributed by atoms with E-state index in [1.165, 1.54) is 4.31 Å². The molecule has 1 aromatic carbocycles. The summed E-state index contributed by atoms with van der Waals surface area (Å²) in [6.07, 6.45) is 0. The van der Waals surface area contributed by atoms with E-state index in [0.29, 0.717) is 6.54 Å². The lowest BCUT2D eigenvalue weighted by Crippen LogP contribution is -2.38. The zero-order valence-corrected chi connectivity index (χ0v) is 11.2. The number of nitrogens with zero attached hydrogens (tertiary/aromatic N) is 1. The highest BCUT2D eigenvalue weighted by molar-refractivity contribution is 7.93. The van der Waals surface area contributed by atoms with Crippen LogP contribution >= 0.6 is 0 Å². The van der Waals surface area contributed by atoms with E-state index in [1.807, 2.05) is 45.0 Å². The van der Waals surface area contributed by atoms with Crippen LogP contribution in [0.3, 0.4) is 0 Å². The van der Waals surface area contributed by atoms with E-state index in [1.54, 1.807) is 0 Å². The molecule has 0 spiro atoms.